The SMILES string of the molecule is CC(N)C(=O)OC(C([NH])=O)c1ccccc1. The van der Waals surface area contributed by atoms with E-state index in [2.05, 4.69) is 0 Å². The third-order valence-electron chi connectivity index (χ3n) is 1.95. The smallest absolute Gasteiger partial charge is 0.323 e. The van der Waals surface area contributed by atoms with Crippen LogP contribution in [0.15, 0.2) is 30.3 Å². The summed E-state index contributed by atoms with van der Waals surface area (Å²) in [5, 5.41) is 0. The van der Waals surface area contributed by atoms with Gasteiger partial charge >= 0.3 is 5.97 Å². The fraction of sp³-hybridized carbons (Fsp3) is 0.273. The first-order valence-corrected chi connectivity index (χ1v) is 4.79. The Morgan fingerprint density at radius 3 is 2.31 bits per heavy atom. The van der Waals surface area contributed by atoms with Gasteiger partial charge in [0.2, 0.25) is 6.10 Å². The maximum absolute atomic E-state index is 11.2. The number of ether oxygens (including phenoxy) is 1. The summed E-state index contributed by atoms with van der Waals surface area (Å²) in [6, 6.07) is 7.58. The Kier molecular flexibility index (Phi) is 4.02. The summed E-state index contributed by atoms with van der Waals surface area (Å²) in [7, 11) is 0. The van der Waals surface area contributed by atoms with Crippen LogP contribution >= 0.6 is 0 Å². The molecule has 1 radical (unpaired) electrons. The highest BCUT2D eigenvalue weighted by atomic mass is 16.5. The van der Waals surface area contributed by atoms with Gasteiger partial charge in [0.1, 0.15) is 6.04 Å². The molecule has 2 unspecified atom stereocenters. The molecule has 85 valence electrons. The second-order valence-corrected chi connectivity index (χ2v) is 3.38. The molecule has 0 heterocycles. The van der Waals surface area contributed by atoms with Crippen LogP contribution in [0.25, 0.3) is 0 Å². The predicted molar refractivity (Wildman–Crippen MR) is 57.0 cm³/mol. The van der Waals surface area contributed by atoms with Gasteiger partial charge in [0, 0.05) is 5.56 Å². The number of esters is 1. The quantitative estimate of drug-likeness (QED) is 0.746. The first-order valence-electron chi connectivity index (χ1n) is 4.79. The Balaban J connectivity index is 2.85. The van der Waals surface area contributed by atoms with E-state index in [1.54, 1.807) is 30.3 Å². The monoisotopic (exact) mass is 221 g/mol. The average Bonchev–Trinajstić information content (AvgIpc) is 2.26. The normalized spacial score (nSPS) is 13.9. The maximum Gasteiger partial charge on any atom is 0.323 e. The van der Waals surface area contributed by atoms with E-state index in [-0.39, 0.29) is 0 Å². The first kappa shape index (κ1) is 12.2. The summed E-state index contributed by atoms with van der Waals surface area (Å²) < 4.78 is 4.86. The van der Waals surface area contributed by atoms with Gasteiger partial charge in [-0.25, -0.2) is 0 Å². The lowest BCUT2D eigenvalue weighted by Gasteiger charge is -2.15. The van der Waals surface area contributed by atoms with Gasteiger partial charge in [-0.3, -0.25) is 15.3 Å². The highest BCUT2D eigenvalue weighted by molar-refractivity contribution is 5.84. The summed E-state index contributed by atoms with van der Waals surface area (Å²) in [6.07, 6.45) is -1.19. The fourth-order valence-corrected chi connectivity index (χ4v) is 1.12. The van der Waals surface area contributed by atoms with E-state index in [9.17, 15) is 9.59 Å². The molecule has 0 aliphatic rings. The van der Waals surface area contributed by atoms with Crippen LogP contribution < -0.4 is 11.5 Å². The second kappa shape index (κ2) is 5.27. The van der Waals surface area contributed by atoms with Crippen LogP contribution in [0.5, 0.6) is 0 Å². The van der Waals surface area contributed by atoms with Crippen LogP contribution in [0.2, 0.25) is 0 Å². The number of amides is 1. The molecule has 1 aromatic rings. The lowest BCUT2D eigenvalue weighted by atomic mass is 10.1. The van der Waals surface area contributed by atoms with E-state index >= 15 is 0 Å². The summed E-state index contributed by atoms with van der Waals surface area (Å²) in [5.74, 6) is -1.67. The number of nitrogens with two attached hydrogens (primary N) is 1. The first-order chi connectivity index (χ1) is 7.52. The third kappa shape index (κ3) is 3.06. The zero-order valence-corrected chi connectivity index (χ0v) is 8.84. The molecule has 1 rings (SSSR count). The number of carbonyl (C=O) groups is 2. The molecule has 0 fully saturated rings. The van der Waals surface area contributed by atoms with Crippen molar-refractivity contribution in [1.82, 2.24) is 5.73 Å². The molecule has 0 aliphatic heterocycles. The van der Waals surface area contributed by atoms with E-state index in [4.69, 9.17) is 16.2 Å². The summed E-state index contributed by atoms with van der Waals surface area (Å²) in [4.78, 5) is 22.3. The zero-order chi connectivity index (χ0) is 12.1. The van der Waals surface area contributed by atoms with Crippen molar-refractivity contribution in [1.29, 1.82) is 0 Å². The molecule has 0 bridgehead atoms. The van der Waals surface area contributed by atoms with Crippen LogP contribution in [0.3, 0.4) is 0 Å². The van der Waals surface area contributed by atoms with Gasteiger partial charge in [0.05, 0.1) is 0 Å². The molecule has 0 spiro atoms. The molecule has 3 N–H and O–H groups in total. The van der Waals surface area contributed by atoms with E-state index in [0.29, 0.717) is 5.56 Å². The third-order valence-corrected chi connectivity index (χ3v) is 1.95. The minimum absolute atomic E-state index is 0.469. The molecule has 1 aromatic carbocycles. The number of rotatable bonds is 4. The van der Waals surface area contributed by atoms with Crippen LogP contribution in [-0.4, -0.2) is 17.9 Å². The van der Waals surface area contributed by atoms with Gasteiger partial charge in [0.15, 0.2) is 0 Å². The minimum atomic E-state index is -1.19. The van der Waals surface area contributed by atoms with E-state index in [1.165, 1.54) is 6.92 Å². The summed E-state index contributed by atoms with van der Waals surface area (Å²) in [6.45, 7) is 1.46. The lowest BCUT2D eigenvalue weighted by Crippen LogP contribution is -2.32. The molecule has 2 atom stereocenters. The predicted octanol–water partition coefficient (Wildman–Crippen LogP) is 0.428. The van der Waals surface area contributed by atoms with Crippen molar-refractivity contribution in [2.75, 3.05) is 0 Å². The Morgan fingerprint density at radius 2 is 1.88 bits per heavy atom. The van der Waals surface area contributed by atoms with Crippen LogP contribution in [-0.2, 0) is 14.3 Å². The van der Waals surface area contributed by atoms with Crippen molar-refractivity contribution in [2.24, 2.45) is 5.73 Å². The van der Waals surface area contributed by atoms with Crippen molar-refractivity contribution in [3.05, 3.63) is 35.9 Å². The fourth-order valence-electron chi connectivity index (χ4n) is 1.12. The van der Waals surface area contributed by atoms with E-state index in [0.717, 1.165) is 0 Å². The minimum Gasteiger partial charge on any atom is -0.446 e. The van der Waals surface area contributed by atoms with Crippen molar-refractivity contribution >= 4 is 11.9 Å². The Labute approximate surface area is 93.4 Å². The molecule has 0 aromatic heterocycles. The van der Waals surface area contributed by atoms with Crippen molar-refractivity contribution < 1.29 is 14.3 Å². The Hall–Kier alpha value is -1.88. The molecule has 0 saturated carbocycles. The maximum atomic E-state index is 11.2. The van der Waals surface area contributed by atoms with Crippen LogP contribution in [0.1, 0.15) is 18.6 Å². The average molecular weight is 221 g/mol. The molecule has 1 amide bonds. The molecule has 5 heteroatoms. The molecule has 0 aliphatic carbocycles. The Morgan fingerprint density at radius 1 is 1.31 bits per heavy atom. The second-order valence-electron chi connectivity index (χ2n) is 3.38. The van der Waals surface area contributed by atoms with E-state index < -0.39 is 24.0 Å². The lowest BCUT2D eigenvalue weighted by molar-refractivity contribution is -0.156. The standard InChI is InChI=1S/C11H13N2O3/c1-7(12)11(15)16-9(10(13)14)8-5-3-2-4-6-8/h2-7,9,13H,12H2,1H3. The number of hydrogen-bond acceptors (Lipinski definition) is 4. The van der Waals surface area contributed by atoms with Crippen LogP contribution in [0.4, 0.5) is 0 Å². The molecular formula is C11H13N2O3. The highest BCUT2D eigenvalue weighted by Crippen LogP contribution is 2.17. The molecule has 0 saturated heterocycles. The number of nitrogens with one attached hydrogen (secondary N) is 1. The van der Waals surface area contributed by atoms with E-state index in [1.807, 2.05) is 0 Å². The number of carbonyl (C=O) groups excluding carboxylic acids is 2. The van der Waals surface area contributed by atoms with Gasteiger partial charge in [-0.1, -0.05) is 30.3 Å². The molecular weight excluding hydrogens is 208 g/mol. The number of benzene rings is 1. The van der Waals surface area contributed by atoms with Crippen molar-refractivity contribution in [3.63, 3.8) is 0 Å². The van der Waals surface area contributed by atoms with Crippen molar-refractivity contribution in [3.8, 4) is 0 Å². The Bertz CT molecular complexity index is 376. The highest BCUT2D eigenvalue weighted by Gasteiger charge is 2.24. The van der Waals surface area contributed by atoms with Gasteiger partial charge in [-0.15, -0.1) is 0 Å². The van der Waals surface area contributed by atoms with Gasteiger partial charge in [-0.05, 0) is 6.92 Å². The van der Waals surface area contributed by atoms with Crippen LogP contribution in [0, 0.1) is 0 Å². The molecule has 16 heavy (non-hydrogen) atoms. The zero-order valence-electron chi connectivity index (χ0n) is 8.84. The van der Waals surface area contributed by atoms with Gasteiger partial charge in [-0.2, -0.15) is 0 Å². The topological polar surface area (TPSA) is 93.2 Å². The summed E-state index contributed by atoms with van der Waals surface area (Å²) >= 11 is 0. The van der Waals surface area contributed by atoms with Crippen molar-refractivity contribution in [2.45, 2.75) is 19.1 Å². The largest absolute Gasteiger partial charge is 0.446 e. The van der Waals surface area contributed by atoms with Gasteiger partial charge < -0.3 is 10.5 Å². The molecule has 5 nitrogen and oxygen atoms in total. The summed E-state index contributed by atoms with van der Waals surface area (Å²) in [5.41, 5.74) is 12.8. The number of hydrogen-bond donors (Lipinski definition) is 1. The van der Waals surface area contributed by atoms with Gasteiger partial charge in [0.25, 0.3) is 5.91 Å².